The SMILES string of the molecule is C[C@H](OC(=O)c1ccc(CS(C)(=O)=O)cc1)C(=O)N[C@H]1CCCc2ccccc21. The number of esters is 1. The van der Waals surface area contributed by atoms with Crippen molar-refractivity contribution in [1.82, 2.24) is 5.32 Å². The van der Waals surface area contributed by atoms with Crippen molar-refractivity contribution in [2.24, 2.45) is 0 Å². The normalized spacial score (nSPS) is 17.1. The maximum absolute atomic E-state index is 12.5. The summed E-state index contributed by atoms with van der Waals surface area (Å²) >= 11 is 0. The molecular formula is C22H25NO5S. The molecule has 3 rings (SSSR count). The van der Waals surface area contributed by atoms with Crippen molar-refractivity contribution >= 4 is 21.7 Å². The van der Waals surface area contributed by atoms with E-state index in [9.17, 15) is 18.0 Å². The number of sulfone groups is 1. The Balaban J connectivity index is 1.59. The van der Waals surface area contributed by atoms with Crippen LogP contribution in [0.5, 0.6) is 0 Å². The molecule has 2 aromatic rings. The number of ether oxygens (including phenoxy) is 1. The van der Waals surface area contributed by atoms with Crippen molar-refractivity contribution in [1.29, 1.82) is 0 Å². The molecule has 2 atom stereocenters. The average Bonchev–Trinajstić information content (AvgIpc) is 2.67. The molecule has 1 aliphatic rings. The third-order valence-electron chi connectivity index (χ3n) is 4.96. The Morgan fingerprint density at radius 1 is 1.14 bits per heavy atom. The fourth-order valence-electron chi connectivity index (χ4n) is 3.51. The van der Waals surface area contributed by atoms with Crippen molar-refractivity contribution in [2.75, 3.05) is 6.26 Å². The fourth-order valence-corrected chi connectivity index (χ4v) is 4.31. The van der Waals surface area contributed by atoms with Crippen LogP contribution in [0.15, 0.2) is 48.5 Å². The molecule has 0 spiro atoms. The molecule has 0 radical (unpaired) electrons. The molecule has 0 saturated heterocycles. The average molecular weight is 416 g/mol. The molecule has 1 N–H and O–H groups in total. The van der Waals surface area contributed by atoms with Gasteiger partial charge >= 0.3 is 5.97 Å². The highest BCUT2D eigenvalue weighted by Gasteiger charge is 2.25. The second kappa shape index (κ2) is 8.78. The van der Waals surface area contributed by atoms with Gasteiger partial charge in [-0.05, 0) is 55.0 Å². The van der Waals surface area contributed by atoms with Crippen LogP contribution in [0.4, 0.5) is 0 Å². The number of hydrogen-bond acceptors (Lipinski definition) is 5. The number of rotatable bonds is 6. The Morgan fingerprint density at radius 2 is 1.83 bits per heavy atom. The van der Waals surface area contributed by atoms with E-state index in [1.165, 1.54) is 17.7 Å². The Kier molecular flexibility index (Phi) is 6.37. The molecule has 0 heterocycles. The van der Waals surface area contributed by atoms with E-state index in [-0.39, 0.29) is 23.3 Å². The van der Waals surface area contributed by atoms with Gasteiger partial charge < -0.3 is 10.1 Å². The van der Waals surface area contributed by atoms with Crippen LogP contribution in [0.1, 0.15) is 52.9 Å². The van der Waals surface area contributed by atoms with Crippen molar-refractivity contribution in [3.63, 3.8) is 0 Å². The number of fused-ring (bicyclic) bond motifs is 1. The molecule has 1 aliphatic carbocycles. The molecule has 0 saturated carbocycles. The second-order valence-electron chi connectivity index (χ2n) is 7.47. The van der Waals surface area contributed by atoms with Gasteiger partial charge in [-0.25, -0.2) is 13.2 Å². The van der Waals surface area contributed by atoms with Crippen LogP contribution in [0.25, 0.3) is 0 Å². The third kappa shape index (κ3) is 5.67. The summed E-state index contributed by atoms with van der Waals surface area (Å²) in [5, 5.41) is 2.98. The number of hydrogen-bond donors (Lipinski definition) is 1. The minimum atomic E-state index is -3.15. The maximum atomic E-state index is 12.5. The van der Waals surface area contributed by atoms with Crippen molar-refractivity contribution in [3.8, 4) is 0 Å². The van der Waals surface area contributed by atoms with Gasteiger partial charge in [0, 0.05) is 6.26 Å². The van der Waals surface area contributed by atoms with Crippen LogP contribution in [0.3, 0.4) is 0 Å². The van der Waals surface area contributed by atoms with E-state index < -0.39 is 21.9 Å². The van der Waals surface area contributed by atoms with E-state index in [2.05, 4.69) is 11.4 Å². The van der Waals surface area contributed by atoms with Gasteiger partial charge in [0.2, 0.25) is 0 Å². The lowest BCUT2D eigenvalue weighted by atomic mass is 9.87. The molecule has 1 amide bonds. The smallest absolute Gasteiger partial charge is 0.338 e. The van der Waals surface area contributed by atoms with Gasteiger partial charge in [0.15, 0.2) is 15.9 Å². The first-order valence-electron chi connectivity index (χ1n) is 9.59. The maximum Gasteiger partial charge on any atom is 0.338 e. The molecule has 0 aliphatic heterocycles. The quantitative estimate of drug-likeness (QED) is 0.733. The first-order valence-corrected chi connectivity index (χ1v) is 11.6. The standard InChI is InChI=1S/C22H25NO5S/c1-15(21(24)23-20-9-5-7-17-6-3-4-8-19(17)20)28-22(25)18-12-10-16(11-13-18)14-29(2,26)27/h3-4,6,8,10-13,15,20H,5,7,9,14H2,1-2H3,(H,23,24)/t15-,20-/m0/s1. The Morgan fingerprint density at radius 3 is 2.52 bits per heavy atom. The van der Waals surface area contributed by atoms with Crippen LogP contribution in [-0.2, 0) is 31.5 Å². The fraction of sp³-hybridized carbons (Fsp3) is 0.364. The Hall–Kier alpha value is -2.67. The van der Waals surface area contributed by atoms with Crippen LogP contribution >= 0.6 is 0 Å². The summed E-state index contributed by atoms with van der Waals surface area (Å²) in [6.07, 6.45) is 3.07. The molecule has 6 nitrogen and oxygen atoms in total. The minimum absolute atomic E-state index is 0.0797. The van der Waals surface area contributed by atoms with Crippen molar-refractivity contribution in [3.05, 3.63) is 70.8 Å². The summed E-state index contributed by atoms with van der Waals surface area (Å²) in [5.41, 5.74) is 3.21. The number of benzene rings is 2. The molecule has 7 heteroatoms. The van der Waals surface area contributed by atoms with Gasteiger partial charge in [-0.2, -0.15) is 0 Å². The molecule has 0 unspecified atom stereocenters. The van der Waals surface area contributed by atoms with Gasteiger partial charge in [0.1, 0.15) is 0 Å². The molecule has 0 aromatic heterocycles. The lowest BCUT2D eigenvalue weighted by Gasteiger charge is -2.27. The van der Waals surface area contributed by atoms with Crippen LogP contribution < -0.4 is 5.32 Å². The largest absolute Gasteiger partial charge is 0.449 e. The topological polar surface area (TPSA) is 89.5 Å². The highest BCUT2D eigenvalue weighted by molar-refractivity contribution is 7.89. The van der Waals surface area contributed by atoms with E-state index in [0.717, 1.165) is 31.1 Å². The van der Waals surface area contributed by atoms with E-state index in [1.807, 2.05) is 18.2 Å². The highest BCUT2D eigenvalue weighted by Crippen LogP contribution is 2.29. The summed E-state index contributed by atoms with van der Waals surface area (Å²) in [4.78, 5) is 24.9. The Labute approximate surface area is 171 Å². The monoisotopic (exact) mass is 415 g/mol. The first-order chi connectivity index (χ1) is 13.7. The lowest BCUT2D eigenvalue weighted by Crippen LogP contribution is -2.39. The molecule has 0 fully saturated rings. The summed E-state index contributed by atoms with van der Waals surface area (Å²) in [7, 11) is -3.15. The lowest BCUT2D eigenvalue weighted by molar-refractivity contribution is -0.130. The van der Waals surface area contributed by atoms with Gasteiger partial charge in [-0.1, -0.05) is 36.4 Å². The molecule has 0 bridgehead atoms. The first kappa shape index (κ1) is 21.0. The van der Waals surface area contributed by atoms with Gasteiger partial charge in [-0.15, -0.1) is 0 Å². The zero-order valence-corrected chi connectivity index (χ0v) is 17.4. The molecule has 154 valence electrons. The summed E-state index contributed by atoms with van der Waals surface area (Å²) < 4.78 is 28.0. The number of carbonyl (C=O) groups is 2. The summed E-state index contributed by atoms with van der Waals surface area (Å²) in [5.74, 6) is -1.05. The van der Waals surface area contributed by atoms with Gasteiger partial charge in [0.25, 0.3) is 5.91 Å². The van der Waals surface area contributed by atoms with Crippen molar-refractivity contribution in [2.45, 2.75) is 44.1 Å². The summed E-state index contributed by atoms with van der Waals surface area (Å²) in [6.45, 7) is 1.54. The van der Waals surface area contributed by atoms with Gasteiger partial charge in [-0.3, -0.25) is 4.79 Å². The van der Waals surface area contributed by atoms with Crippen LogP contribution in [-0.4, -0.2) is 32.7 Å². The number of amides is 1. The van der Waals surface area contributed by atoms with E-state index in [0.29, 0.717) is 5.56 Å². The minimum Gasteiger partial charge on any atom is -0.449 e. The van der Waals surface area contributed by atoms with Gasteiger partial charge in [0.05, 0.1) is 17.4 Å². The van der Waals surface area contributed by atoms with Crippen molar-refractivity contribution < 1.29 is 22.7 Å². The number of nitrogens with one attached hydrogen (secondary N) is 1. The second-order valence-corrected chi connectivity index (χ2v) is 9.61. The zero-order chi connectivity index (χ0) is 21.0. The Bertz CT molecular complexity index is 998. The number of carbonyl (C=O) groups excluding carboxylic acids is 2. The van der Waals surface area contributed by atoms with E-state index >= 15 is 0 Å². The molecular weight excluding hydrogens is 390 g/mol. The molecule has 2 aromatic carbocycles. The molecule has 29 heavy (non-hydrogen) atoms. The highest BCUT2D eigenvalue weighted by atomic mass is 32.2. The summed E-state index contributed by atoms with van der Waals surface area (Å²) in [6, 6.07) is 14.1. The van der Waals surface area contributed by atoms with E-state index in [1.54, 1.807) is 19.1 Å². The zero-order valence-electron chi connectivity index (χ0n) is 16.6. The van der Waals surface area contributed by atoms with Crippen LogP contribution in [0.2, 0.25) is 0 Å². The van der Waals surface area contributed by atoms with Crippen LogP contribution in [0, 0.1) is 0 Å². The predicted molar refractivity (Wildman–Crippen MR) is 110 cm³/mol. The third-order valence-corrected chi connectivity index (χ3v) is 5.82. The van der Waals surface area contributed by atoms with E-state index in [4.69, 9.17) is 4.74 Å². The number of aryl methyl sites for hydroxylation is 1. The predicted octanol–water partition coefficient (Wildman–Crippen LogP) is 2.97.